The molecule has 1 amide bonds. The molecular weight excluding hydrogens is 222 g/mol. The van der Waals surface area contributed by atoms with Crippen LogP contribution in [-0.4, -0.2) is 24.2 Å². The Hall–Kier alpha value is -1.87. The lowest BCUT2D eigenvalue weighted by Gasteiger charge is -2.11. The Balaban J connectivity index is 2.59. The van der Waals surface area contributed by atoms with E-state index < -0.39 is 0 Å². The number of ether oxygens (including phenoxy) is 1. The van der Waals surface area contributed by atoms with Crippen LogP contribution in [0, 0.1) is 11.3 Å². The topological polar surface area (TPSA) is 88.2 Å². The largest absolute Gasteiger partial charge is 0.377 e. The highest BCUT2D eigenvalue weighted by molar-refractivity contribution is 5.92. The first-order chi connectivity index (χ1) is 8.21. The van der Waals surface area contributed by atoms with E-state index in [1.807, 2.05) is 13.0 Å². The van der Waals surface area contributed by atoms with E-state index in [0.717, 1.165) is 0 Å². The van der Waals surface area contributed by atoms with Crippen LogP contribution in [-0.2, 0) is 11.3 Å². The maximum absolute atomic E-state index is 11.7. The molecule has 0 spiro atoms. The molecule has 6 nitrogen and oxygen atoms in total. The molecule has 1 N–H and O–H groups in total. The van der Waals surface area contributed by atoms with Crippen molar-refractivity contribution in [3.05, 3.63) is 17.5 Å². The van der Waals surface area contributed by atoms with Gasteiger partial charge in [-0.3, -0.25) is 4.79 Å². The van der Waals surface area contributed by atoms with Gasteiger partial charge in [-0.05, 0) is 6.42 Å². The van der Waals surface area contributed by atoms with Gasteiger partial charge in [-0.1, -0.05) is 12.1 Å². The molecule has 17 heavy (non-hydrogen) atoms. The third kappa shape index (κ3) is 3.89. The fourth-order valence-electron chi connectivity index (χ4n) is 1.30. The van der Waals surface area contributed by atoms with Crippen molar-refractivity contribution in [2.24, 2.45) is 0 Å². The Bertz CT molecular complexity index is 408. The number of hydrogen-bond donors (Lipinski definition) is 1. The first kappa shape index (κ1) is 13.2. The summed E-state index contributed by atoms with van der Waals surface area (Å²) in [5, 5.41) is 14.9. The molecule has 0 saturated carbocycles. The molecule has 0 aliphatic carbocycles. The van der Waals surface area contributed by atoms with Crippen LogP contribution in [0.2, 0.25) is 0 Å². The molecule has 0 fully saturated rings. The molecule has 1 unspecified atom stereocenters. The molecule has 1 aromatic rings. The van der Waals surface area contributed by atoms with Crippen LogP contribution in [0.25, 0.3) is 0 Å². The van der Waals surface area contributed by atoms with Crippen LogP contribution in [0.5, 0.6) is 0 Å². The number of nitriles is 1. The summed E-state index contributed by atoms with van der Waals surface area (Å²) in [4.78, 5) is 11.7. The molecule has 92 valence electrons. The minimum Gasteiger partial charge on any atom is -0.377 e. The number of rotatable bonds is 6. The van der Waals surface area contributed by atoms with Gasteiger partial charge in [-0.15, -0.1) is 0 Å². The number of methoxy groups -OCH3 is 1. The summed E-state index contributed by atoms with van der Waals surface area (Å²) in [6.07, 6.45) is 0.979. The van der Waals surface area contributed by atoms with Gasteiger partial charge in [0, 0.05) is 19.2 Å². The van der Waals surface area contributed by atoms with Crippen molar-refractivity contribution in [3.8, 4) is 6.07 Å². The Morgan fingerprint density at radius 3 is 3.12 bits per heavy atom. The van der Waals surface area contributed by atoms with Gasteiger partial charge < -0.3 is 14.6 Å². The number of carbonyl (C=O) groups is 1. The lowest BCUT2D eigenvalue weighted by atomic mass is 10.1. The maximum Gasteiger partial charge on any atom is 0.273 e. The third-order valence-electron chi connectivity index (χ3n) is 2.24. The average molecular weight is 237 g/mol. The van der Waals surface area contributed by atoms with Crippen molar-refractivity contribution >= 4 is 5.91 Å². The van der Waals surface area contributed by atoms with Crippen molar-refractivity contribution in [2.75, 3.05) is 7.11 Å². The number of nitrogens with zero attached hydrogens (tertiary/aromatic N) is 2. The summed E-state index contributed by atoms with van der Waals surface area (Å²) < 4.78 is 9.75. The van der Waals surface area contributed by atoms with Gasteiger partial charge in [0.1, 0.15) is 6.61 Å². The van der Waals surface area contributed by atoms with Crippen molar-refractivity contribution in [1.29, 1.82) is 5.26 Å². The second-order valence-corrected chi connectivity index (χ2v) is 3.55. The summed E-state index contributed by atoms with van der Waals surface area (Å²) in [5.74, 6) is 0.157. The monoisotopic (exact) mass is 237 g/mol. The fourth-order valence-corrected chi connectivity index (χ4v) is 1.30. The van der Waals surface area contributed by atoms with Gasteiger partial charge in [0.15, 0.2) is 11.5 Å². The van der Waals surface area contributed by atoms with Crippen LogP contribution < -0.4 is 5.32 Å². The van der Waals surface area contributed by atoms with E-state index in [1.165, 1.54) is 13.2 Å². The Labute approximate surface area is 99.5 Å². The highest BCUT2D eigenvalue weighted by Gasteiger charge is 2.15. The van der Waals surface area contributed by atoms with Gasteiger partial charge in [-0.2, -0.15) is 5.26 Å². The minimum atomic E-state index is -0.335. The van der Waals surface area contributed by atoms with E-state index in [4.69, 9.17) is 14.5 Å². The predicted octanol–water partition coefficient (Wildman–Crippen LogP) is 1.24. The van der Waals surface area contributed by atoms with E-state index in [1.54, 1.807) is 0 Å². The third-order valence-corrected chi connectivity index (χ3v) is 2.24. The quantitative estimate of drug-likeness (QED) is 0.804. The van der Waals surface area contributed by atoms with Crippen LogP contribution in [0.15, 0.2) is 10.6 Å². The van der Waals surface area contributed by atoms with Crippen molar-refractivity contribution in [1.82, 2.24) is 10.5 Å². The van der Waals surface area contributed by atoms with Gasteiger partial charge in [-0.25, -0.2) is 0 Å². The molecular formula is C11H15N3O3. The summed E-state index contributed by atoms with van der Waals surface area (Å²) in [5.41, 5.74) is 0.202. The highest BCUT2D eigenvalue weighted by atomic mass is 16.5. The van der Waals surface area contributed by atoms with E-state index >= 15 is 0 Å². The second-order valence-electron chi connectivity index (χ2n) is 3.55. The molecule has 6 heteroatoms. The first-order valence-corrected chi connectivity index (χ1v) is 5.33. The molecule has 1 atom stereocenters. The molecule has 0 saturated heterocycles. The molecule has 1 rings (SSSR count). The molecule has 0 bridgehead atoms. The first-order valence-electron chi connectivity index (χ1n) is 5.33. The van der Waals surface area contributed by atoms with Crippen LogP contribution in [0.4, 0.5) is 0 Å². The van der Waals surface area contributed by atoms with E-state index in [-0.39, 0.29) is 30.7 Å². The van der Waals surface area contributed by atoms with E-state index in [2.05, 4.69) is 10.5 Å². The Kier molecular flexibility index (Phi) is 5.17. The number of amides is 1. The van der Waals surface area contributed by atoms with Crippen molar-refractivity contribution in [2.45, 2.75) is 32.4 Å². The SMILES string of the molecule is CCC(CC#N)NC(=O)c1cc(COC)on1. The zero-order valence-corrected chi connectivity index (χ0v) is 9.90. The van der Waals surface area contributed by atoms with Gasteiger partial charge in [0.2, 0.25) is 0 Å². The second kappa shape index (κ2) is 6.66. The summed E-state index contributed by atoms with van der Waals surface area (Å²) in [6.45, 7) is 2.18. The molecule has 1 aromatic heterocycles. The Morgan fingerprint density at radius 2 is 2.53 bits per heavy atom. The normalized spacial score (nSPS) is 11.8. The van der Waals surface area contributed by atoms with Crippen LogP contribution in [0.3, 0.4) is 0 Å². The molecule has 1 heterocycles. The van der Waals surface area contributed by atoms with Crippen LogP contribution >= 0.6 is 0 Å². The van der Waals surface area contributed by atoms with Gasteiger partial charge in [0.05, 0.1) is 12.5 Å². The number of hydrogen-bond acceptors (Lipinski definition) is 5. The molecule has 0 aromatic carbocycles. The Morgan fingerprint density at radius 1 is 1.76 bits per heavy atom. The summed E-state index contributed by atoms with van der Waals surface area (Å²) >= 11 is 0. The number of nitrogens with one attached hydrogen (secondary N) is 1. The number of aromatic nitrogens is 1. The van der Waals surface area contributed by atoms with Gasteiger partial charge >= 0.3 is 0 Å². The van der Waals surface area contributed by atoms with Crippen molar-refractivity contribution in [3.63, 3.8) is 0 Å². The summed E-state index contributed by atoms with van der Waals surface area (Å²) in [7, 11) is 1.53. The van der Waals surface area contributed by atoms with Gasteiger partial charge in [0.25, 0.3) is 5.91 Å². The van der Waals surface area contributed by atoms with E-state index in [9.17, 15) is 4.79 Å². The minimum absolute atomic E-state index is 0.157. The highest BCUT2D eigenvalue weighted by Crippen LogP contribution is 2.06. The summed E-state index contributed by atoms with van der Waals surface area (Å²) in [6, 6.07) is 3.39. The fraction of sp³-hybridized carbons (Fsp3) is 0.545. The molecule has 0 aliphatic heterocycles. The van der Waals surface area contributed by atoms with Crippen molar-refractivity contribution < 1.29 is 14.1 Å². The molecule has 0 radical (unpaired) electrons. The lowest BCUT2D eigenvalue weighted by Crippen LogP contribution is -2.34. The zero-order chi connectivity index (χ0) is 12.7. The van der Waals surface area contributed by atoms with Crippen LogP contribution in [0.1, 0.15) is 36.0 Å². The number of carbonyl (C=O) groups excluding carboxylic acids is 1. The standard InChI is InChI=1S/C11H15N3O3/c1-3-8(4-5-12)13-11(15)10-6-9(7-16-2)17-14-10/h6,8H,3-4,7H2,1-2H3,(H,13,15). The lowest BCUT2D eigenvalue weighted by molar-refractivity contribution is 0.0926. The predicted molar refractivity (Wildman–Crippen MR) is 59.0 cm³/mol. The smallest absolute Gasteiger partial charge is 0.273 e. The zero-order valence-electron chi connectivity index (χ0n) is 9.90. The maximum atomic E-state index is 11.7. The average Bonchev–Trinajstić information content (AvgIpc) is 2.77. The molecule has 0 aliphatic rings. The van der Waals surface area contributed by atoms with E-state index in [0.29, 0.717) is 12.2 Å².